The van der Waals surface area contributed by atoms with Crippen molar-refractivity contribution in [2.24, 2.45) is 5.10 Å². The van der Waals surface area contributed by atoms with Gasteiger partial charge in [0.2, 0.25) is 0 Å². The maximum absolute atomic E-state index is 4.84. The van der Waals surface area contributed by atoms with Crippen LogP contribution in [0.15, 0.2) is 181 Å². The zero-order valence-corrected chi connectivity index (χ0v) is 27.9. The van der Waals surface area contributed by atoms with Gasteiger partial charge in [-0.3, -0.25) is 0 Å². The largest absolute Gasteiger partial charge is 0.310 e. The quantitative estimate of drug-likeness (QED) is 0.0848. The number of hydrogen-bond donors (Lipinski definition) is 0. The Morgan fingerprint density at radius 2 is 0.939 bits per heavy atom. The monoisotopic (exact) mass is 633 g/mol. The smallest absolute Gasteiger partial charge is 0.0652 e. The third-order valence-corrected chi connectivity index (χ3v) is 8.71. The number of nitrogens with zero attached hydrogens (tertiary/aromatic N) is 3. The van der Waals surface area contributed by atoms with Crippen LogP contribution in [0.5, 0.6) is 0 Å². The van der Waals surface area contributed by atoms with Crippen molar-refractivity contribution in [2.75, 3.05) is 9.91 Å². The highest BCUT2D eigenvalue weighted by Gasteiger charge is 2.15. The van der Waals surface area contributed by atoms with Gasteiger partial charge in [-0.2, -0.15) is 5.10 Å². The lowest BCUT2D eigenvalue weighted by atomic mass is 10.0. The highest BCUT2D eigenvalue weighted by Crippen LogP contribution is 2.39. The highest BCUT2D eigenvalue weighted by molar-refractivity contribution is 5.99. The summed E-state index contributed by atoms with van der Waals surface area (Å²) in [5.74, 6) is 0.486. The average molecular weight is 634 g/mol. The molecule has 0 saturated carbocycles. The fourth-order valence-corrected chi connectivity index (χ4v) is 6.00. The van der Waals surface area contributed by atoms with Crippen molar-refractivity contribution in [3.63, 3.8) is 0 Å². The van der Waals surface area contributed by atoms with Crippen LogP contribution in [0.1, 0.15) is 42.0 Å². The van der Waals surface area contributed by atoms with Crippen molar-refractivity contribution in [2.45, 2.75) is 19.8 Å². The third kappa shape index (κ3) is 7.37. The second-order valence-corrected chi connectivity index (χ2v) is 12.4. The molecule has 0 spiro atoms. The number of rotatable bonds is 10. The van der Waals surface area contributed by atoms with Gasteiger partial charge in [0, 0.05) is 16.8 Å². The number of para-hydroxylation sites is 2. The second-order valence-electron chi connectivity index (χ2n) is 12.4. The summed E-state index contributed by atoms with van der Waals surface area (Å²) in [6.07, 6.45) is 6.23. The van der Waals surface area contributed by atoms with E-state index >= 15 is 0 Å². The van der Waals surface area contributed by atoms with E-state index in [0.29, 0.717) is 5.92 Å². The number of hydrazone groups is 1. The first kappa shape index (κ1) is 31.4. The molecule has 0 aromatic heterocycles. The van der Waals surface area contributed by atoms with E-state index in [9.17, 15) is 0 Å². The zero-order chi connectivity index (χ0) is 33.4. The van der Waals surface area contributed by atoms with E-state index in [1.807, 2.05) is 47.6 Å². The standard InChI is InChI=1S/C46H39N3/c1-35(2)39-28-32-42(33-29-39)48(46-19-11-13-40-12-9-10-18-45(40)46)41-30-26-37(27-31-41)21-20-36-22-24-38(25-23-36)34-47-49(43-14-5-3-6-15-43)44-16-7-4-8-17-44/h3-35H,1-2H3. The van der Waals surface area contributed by atoms with Gasteiger partial charge in [-0.05, 0) is 88.2 Å². The molecule has 0 aliphatic heterocycles. The maximum Gasteiger partial charge on any atom is 0.0652 e. The molecule has 0 amide bonds. The predicted molar refractivity (Wildman–Crippen MR) is 211 cm³/mol. The molecule has 7 aromatic carbocycles. The Balaban J connectivity index is 1.11. The molecule has 0 aliphatic carbocycles. The van der Waals surface area contributed by atoms with Crippen LogP contribution in [0.3, 0.4) is 0 Å². The third-order valence-electron chi connectivity index (χ3n) is 8.71. The number of anilines is 5. The van der Waals surface area contributed by atoms with Crippen molar-refractivity contribution in [1.29, 1.82) is 0 Å². The summed E-state index contributed by atoms with van der Waals surface area (Å²) in [6, 6.07) is 61.8. The Hall–Kier alpha value is -6.19. The topological polar surface area (TPSA) is 18.8 Å². The minimum atomic E-state index is 0.486. The summed E-state index contributed by atoms with van der Waals surface area (Å²) in [7, 11) is 0. The van der Waals surface area contributed by atoms with Crippen LogP contribution in [-0.2, 0) is 0 Å². The Labute approximate surface area is 289 Å². The maximum atomic E-state index is 4.84. The minimum absolute atomic E-state index is 0.486. The fraction of sp³-hybridized carbons (Fsp3) is 0.0652. The van der Waals surface area contributed by atoms with Gasteiger partial charge in [0.25, 0.3) is 0 Å². The van der Waals surface area contributed by atoms with E-state index in [-0.39, 0.29) is 0 Å². The summed E-state index contributed by atoms with van der Waals surface area (Å²) in [5.41, 5.74) is 10.1. The molecule has 0 radical (unpaired) electrons. The van der Waals surface area contributed by atoms with Crippen molar-refractivity contribution in [1.82, 2.24) is 0 Å². The summed E-state index contributed by atoms with van der Waals surface area (Å²) in [4.78, 5) is 2.36. The van der Waals surface area contributed by atoms with Gasteiger partial charge in [-0.25, -0.2) is 5.01 Å². The Bertz CT molecular complexity index is 2120. The van der Waals surface area contributed by atoms with E-state index in [1.54, 1.807) is 0 Å². The van der Waals surface area contributed by atoms with Gasteiger partial charge >= 0.3 is 0 Å². The first-order chi connectivity index (χ1) is 24.1. The molecule has 0 saturated heterocycles. The van der Waals surface area contributed by atoms with Crippen molar-refractivity contribution < 1.29 is 0 Å². The first-order valence-corrected chi connectivity index (χ1v) is 16.8. The summed E-state index contributed by atoms with van der Waals surface area (Å²) in [6.45, 7) is 4.47. The molecule has 3 heteroatoms. The minimum Gasteiger partial charge on any atom is -0.310 e. The molecule has 0 bridgehead atoms. The second kappa shape index (κ2) is 14.7. The normalized spacial score (nSPS) is 11.5. The number of fused-ring (bicyclic) bond motifs is 1. The molecule has 49 heavy (non-hydrogen) atoms. The van der Waals surface area contributed by atoms with Gasteiger partial charge in [0.15, 0.2) is 0 Å². The van der Waals surface area contributed by atoms with E-state index in [1.165, 1.54) is 16.3 Å². The molecule has 0 unspecified atom stereocenters. The molecule has 0 heterocycles. The molecule has 0 atom stereocenters. The van der Waals surface area contributed by atoms with Crippen LogP contribution in [-0.4, -0.2) is 6.21 Å². The Kier molecular flexibility index (Phi) is 9.43. The van der Waals surface area contributed by atoms with Crippen molar-refractivity contribution in [3.8, 4) is 0 Å². The summed E-state index contributed by atoms with van der Waals surface area (Å²) < 4.78 is 0. The average Bonchev–Trinajstić information content (AvgIpc) is 3.16. The van der Waals surface area contributed by atoms with Crippen LogP contribution < -0.4 is 9.91 Å². The molecule has 7 aromatic rings. The Morgan fingerprint density at radius 1 is 0.449 bits per heavy atom. The van der Waals surface area contributed by atoms with E-state index < -0.39 is 0 Å². The molecule has 7 rings (SSSR count). The van der Waals surface area contributed by atoms with Gasteiger partial charge in [-0.1, -0.05) is 147 Å². The van der Waals surface area contributed by atoms with Crippen LogP contribution in [0, 0.1) is 0 Å². The summed E-state index contributed by atoms with van der Waals surface area (Å²) >= 11 is 0. The van der Waals surface area contributed by atoms with Gasteiger partial charge in [0.1, 0.15) is 0 Å². The Morgan fingerprint density at radius 3 is 1.53 bits per heavy atom. The van der Waals surface area contributed by atoms with E-state index in [4.69, 9.17) is 5.10 Å². The molecule has 238 valence electrons. The van der Waals surface area contributed by atoms with E-state index in [2.05, 4.69) is 170 Å². The van der Waals surface area contributed by atoms with Crippen LogP contribution in [0.4, 0.5) is 28.4 Å². The van der Waals surface area contributed by atoms with Crippen LogP contribution in [0.2, 0.25) is 0 Å². The SMILES string of the molecule is CC(C)c1ccc(N(c2ccc(C=Cc3ccc(C=NN(c4ccccc4)c4ccccc4)cc3)cc2)c2cccc3ccccc23)cc1. The lowest BCUT2D eigenvalue weighted by Crippen LogP contribution is -2.10. The van der Waals surface area contributed by atoms with Crippen LogP contribution >= 0.6 is 0 Å². The van der Waals surface area contributed by atoms with Crippen LogP contribution in [0.25, 0.3) is 22.9 Å². The van der Waals surface area contributed by atoms with Gasteiger partial charge in [0.05, 0.1) is 23.3 Å². The lowest BCUT2D eigenvalue weighted by molar-refractivity contribution is 0.866. The van der Waals surface area contributed by atoms with Crippen molar-refractivity contribution in [3.05, 3.63) is 198 Å². The molecular formula is C46H39N3. The molecular weight excluding hydrogens is 595 g/mol. The van der Waals surface area contributed by atoms with Gasteiger partial charge in [-0.15, -0.1) is 0 Å². The van der Waals surface area contributed by atoms with E-state index in [0.717, 1.165) is 45.1 Å². The zero-order valence-electron chi connectivity index (χ0n) is 27.9. The van der Waals surface area contributed by atoms with Gasteiger partial charge < -0.3 is 4.90 Å². The first-order valence-electron chi connectivity index (χ1n) is 16.8. The highest BCUT2D eigenvalue weighted by atomic mass is 15.5. The molecule has 3 nitrogen and oxygen atoms in total. The van der Waals surface area contributed by atoms with Crippen molar-refractivity contribution >= 4 is 57.6 Å². The fourth-order valence-electron chi connectivity index (χ4n) is 6.00. The summed E-state index contributed by atoms with van der Waals surface area (Å²) in [5, 5.41) is 9.25. The molecule has 0 N–H and O–H groups in total. The number of hydrogen-bond acceptors (Lipinski definition) is 3. The molecule has 0 fully saturated rings. The number of benzene rings is 7. The lowest BCUT2D eigenvalue weighted by Gasteiger charge is -2.27. The predicted octanol–water partition coefficient (Wildman–Crippen LogP) is 12.8. The molecule has 0 aliphatic rings.